The Hall–Kier alpha value is -1.58. The van der Waals surface area contributed by atoms with Crippen LogP contribution < -0.4 is 0 Å². The molecule has 1 unspecified atom stereocenters. The molecule has 0 aliphatic heterocycles. The Balaban J connectivity index is 3.87. The molecule has 50 heavy (non-hydrogen) atoms. The number of unbranched alkanes of at least 4 members (excludes halogenated alkanes) is 28. The second kappa shape index (κ2) is 41.8. The predicted octanol–water partition coefficient (Wildman–Crippen LogP) is 15.6. The maximum Gasteiger partial charge on any atom is 0.306 e. The first-order valence-corrected chi connectivity index (χ1v) is 22.3. The Morgan fingerprint density at radius 3 is 1.22 bits per heavy atom. The third-order valence-corrected chi connectivity index (χ3v) is 10.2. The van der Waals surface area contributed by atoms with E-state index in [2.05, 4.69) is 38.2 Å². The Morgan fingerprint density at radius 1 is 0.440 bits per heavy atom. The van der Waals surface area contributed by atoms with E-state index in [9.17, 15) is 9.59 Å². The largest absolute Gasteiger partial charge is 0.481 e. The second-order valence-electron chi connectivity index (χ2n) is 15.2. The Bertz CT molecular complexity index is 757. The second-order valence-corrected chi connectivity index (χ2v) is 15.2. The van der Waals surface area contributed by atoms with Gasteiger partial charge in [-0.1, -0.05) is 192 Å². The molecule has 0 saturated carbocycles. The van der Waals surface area contributed by atoms with E-state index in [0.29, 0.717) is 12.8 Å². The van der Waals surface area contributed by atoms with Crippen molar-refractivity contribution in [1.82, 2.24) is 0 Å². The van der Waals surface area contributed by atoms with Crippen molar-refractivity contribution in [2.45, 2.75) is 258 Å². The van der Waals surface area contributed by atoms with Crippen LogP contribution in [0.4, 0.5) is 0 Å². The van der Waals surface area contributed by atoms with Crippen LogP contribution in [0.15, 0.2) is 24.3 Å². The zero-order valence-electron chi connectivity index (χ0n) is 33.7. The van der Waals surface area contributed by atoms with Gasteiger partial charge < -0.3 is 9.84 Å². The molecule has 0 spiro atoms. The predicted molar refractivity (Wildman–Crippen MR) is 218 cm³/mol. The van der Waals surface area contributed by atoms with E-state index in [1.807, 2.05) is 0 Å². The fourth-order valence-corrected chi connectivity index (χ4v) is 6.86. The van der Waals surface area contributed by atoms with Gasteiger partial charge in [-0.05, 0) is 70.6 Å². The summed E-state index contributed by atoms with van der Waals surface area (Å²) in [4.78, 5) is 23.3. The van der Waals surface area contributed by atoms with Crippen LogP contribution in [-0.2, 0) is 14.3 Å². The average molecular weight is 703 g/mol. The van der Waals surface area contributed by atoms with Gasteiger partial charge in [0.15, 0.2) is 0 Å². The molecule has 4 heteroatoms. The highest BCUT2D eigenvalue weighted by Crippen LogP contribution is 2.19. The summed E-state index contributed by atoms with van der Waals surface area (Å²) in [6.45, 7) is 4.53. The molecule has 0 heterocycles. The molecule has 0 bridgehead atoms. The number of carbonyl (C=O) groups is 2. The van der Waals surface area contributed by atoms with Gasteiger partial charge in [0.05, 0.1) is 0 Å². The molecule has 0 aromatic heterocycles. The Labute approximate surface area is 312 Å². The van der Waals surface area contributed by atoms with Gasteiger partial charge in [0.2, 0.25) is 0 Å². The molecule has 0 aliphatic rings. The maximum absolute atomic E-state index is 12.7. The fourth-order valence-electron chi connectivity index (χ4n) is 6.86. The van der Waals surface area contributed by atoms with E-state index in [-0.39, 0.29) is 12.1 Å². The molecule has 1 atom stereocenters. The van der Waals surface area contributed by atoms with E-state index >= 15 is 0 Å². The molecule has 0 saturated heterocycles. The van der Waals surface area contributed by atoms with Gasteiger partial charge in [-0.25, -0.2) is 0 Å². The number of allylic oxidation sites excluding steroid dienone is 4. The van der Waals surface area contributed by atoms with Crippen molar-refractivity contribution in [2.24, 2.45) is 0 Å². The lowest BCUT2D eigenvalue weighted by atomic mass is 10.0. The summed E-state index contributed by atoms with van der Waals surface area (Å²) in [6.07, 6.45) is 53.7. The smallest absolute Gasteiger partial charge is 0.306 e. The van der Waals surface area contributed by atoms with Crippen LogP contribution in [0.25, 0.3) is 0 Å². The summed E-state index contributed by atoms with van der Waals surface area (Å²) >= 11 is 0. The zero-order chi connectivity index (χ0) is 36.4. The van der Waals surface area contributed by atoms with Crippen LogP contribution in [0.5, 0.6) is 0 Å². The van der Waals surface area contributed by atoms with Crippen LogP contribution in [-0.4, -0.2) is 23.1 Å². The van der Waals surface area contributed by atoms with Gasteiger partial charge in [0.25, 0.3) is 0 Å². The summed E-state index contributed by atoms with van der Waals surface area (Å²) in [5, 5.41) is 8.71. The molecule has 0 amide bonds. The molecule has 0 aromatic rings. The average Bonchev–Trinajstić information content (AvgIpc) is 3.10. The molecule has 0 rings (SSSR count). The lowest BCUT2D eigenvalue weighted by Gasteiger charge is -2.18. The van der Waals surface area contributed by atoms with Gasteiger partial charge in [0, 0.05) is 12.8 Å². The number of hydrogen-bond donors (Lipinski definition) is 1. The van der Waals surface area contributed by atoms with E-state index < -0.39 is 5.97 Å². The Kier molecular flexibility index (Phi) is 40.5. The first kappa shape index (κ1) is 48.4. The minimum absolute atomic E-state index is 0.0416. The summed E-state index contributed by atoms with van der Waals surface area (Å²) < 4.78 is 6.06. The van der Waals surface area contributed by atoms with E-state index in [0.717, 1.165) is 44.9 Å². The normalized spacial score (nSPS) is 12.4. The molecule has 0 aromatic carbocycles. The van der Waals surface area contributed by atoms with Crippen molar-refractivity contribution in [1.29, 1.82) is 0 Å². The summed E-state index contributed by atoms with van der Waals surface area (Å²) in [6, 6.07) is 0. The number of carbonyl (C=O) groups excluding carboxylic acids is 1. The highest BCUT2D eigenvalue weighted by atomic mass is 16.5. The standard InChI is InChI=1S/C46H86O4/c1-3-5-7-9-11-12-13-14-15-16-17-18-19-20-25-28-31-35-39-43-46(49)50-44(40-36-32-10-8-6-4-2)41-37-33-29-26-23-21-22-24-27-30-34-38-42-45(47)48/h11-12,14-15,44H,3-10,13,16-43H2,1-2H3,(H,47,48)/b12-11-,15-14-. The molecule has 0 radical (unpaired) electrons. The molecule has 0 aliphatic carbocycles. The van der Waals surface area contributed by atoms with E-state index in [4.69, 9.17) is 9.84 Å². The summed E-state index contributed by atoms with van der Waals surface area (Å²) in [5.74, 6) is -0.627. The van der Waals surface area contributed by atoms with Gasteiger partial charge >= 0.3 is 11.9 Å². The quantitative estimate of drug-likeness (QED) is 0.0391. The molecular formula is C46H86O4. The monoisotopic (exact) mass is 703 g/mol. The third-order valence-electron chi connectivity index (χ3n) is 10.2. The minimum atomic E-state index is -0.668. The van der Waals surface area contributed by atoms with Crippen LogP contribution in [0, 0.1) is 0 Å². The van der Waals surface area contributed by atoms with Gasteiger partial charge in [-0.15, -0.1) is 0 Å². The van der Waals surface area contributed by atoms with Crippen molar-refractivity contribution < 1.29 is 19.4 Å². The number of carboxylic acid groups (broad SMARTS) is 1. The van der Waals surface area contributed by atoms with E-state index in [1.54, 1.807) is 0 Å². The van der Waals surface area contributed by atoms with Crippen LogP contribution in [0.3, 0.4) is 0 Å². The van der Waals surface area contributed by atoms with Crippen molar-refractivity contribution in [3.8, 4) is 0 Å². The van der Waals surface area contributed by atoms with Gasteiger partial charge in [0.1, 0.15) is 6.10 Å². The maximum atomic E-state index is 12.7. The van der Waals surface area contributed by atoms with Crippen molar-refractivity contribution in [3.63, 3.8) is 0 Å². The molecular weight excluding hydrogens is 617 g/mol. The lowest BCUT2D eigenvalue weighted by molar-refractivity contribution is -0.150. The molecule has 0 fully saturated rings. The number of ether oxygens (including phenoxy) is 1. The fraction of sp³-hybridized carbons (Fsp3) is 0.870. The number of carboxylic acids is 1. The SMILES string of the molecule is CCCCC/C=C\C/C=C\CCCCCCCCCCCC(=O)OC(CCCCCCCC)CCCCCCCCCCCCCCC(=O)O. The topological polar surface area (TPSA) is 63.6 Å². The van der Waals surface area contributed by atoms with Crippen LogP contribution >= 0.6 is 0 Å². The van der Waals surface area contributed by atoms with Crippen molar-refractivity contribution in [2.75, 3.05) is 0 Å². The number of rotatable bonds is 41. The zero-order valence-corrected chi connectivity index (χ0v) is 33.7. The lowest BCUT2D eigenvalue weighted by Crippen LogP contribution is -2.18. The highest BCUT2D eigenvalue weighted by Gasteiger charge is 2.14. The van der Waals surface area contributed by atoms with Crippen LogP contribution in [0.2, 0.25) is 0 Å². The summed E-state index contributed by atoms with van der Waals surface area (Å²) in [7, 11) is 0. The number of aliphatic carboxylic acids is 1. The Morgan fingerprint density at radius 2 is 0.780 bits per heavy atom. The highest BCUT2D eigenvalue weighted by molar-refractivity contribution is 5.69. The number of esters is 1. The first-order chi connectivity index (χ1) is 24.6. The van der Waals surface area contributed by atoms with Crippen molar-refractivity contribution in [3.05, 3.63) is 24.3 Å². The first-order valence-electron chi connectivity index (χ1n) is 22.3. The minimum Gasteiger partial charge on any atom is -0.481 e. The summed E-state index contributed by atoms with van der Waals surface area (Å²) in [5.41, 5.74) is 0. The van der Waals surface area contributed by atoms with Gasteiger partial charge in [-0.3, -0.25) is 9.59 Å². The molecule has 1 N–H and O–H groups in total. The van der Waals surface area contributed by atoms with Crippen LogP contribution in [0.1, 0.15) is 251 Å². The van der Waals surface area contributed by atoms with Gasteiger partial charge in [-0.2, -0.15) is 0 Å². The molecule has 4 nitrogen and oxygen atoms in total. The molecule has 294 valence electrons. The number of hydrogen-bond acceptors (Lipinski definition) is 3. The van der Waals surface area contributed by atoms with E-state index in [1.165, 1.54) is 180 Å². The van der Waals surface area contributed by atoms with Crippen molar-refractivity contribution >= 4 is 11.9 Å². The third kappa shape index (κ3) is 40.8.